The number of azide groups is 1. The minimum atomic E-state index is -1.11. The van der Waals surface area contributed by atoms with Crippen LogP contribution < -0.4 is 5.56 Å². The summed E-state index contributed by atoms with van der Waals surface area (Å²) in [4.78, 5) is 15.7. The fourth-order valence-corrected chi connectivity index (χ4v) is 1.22. The molecule has 2 unspecified atom stereocenters. The number of aliphatic hydroxyl groups is 2. The van der Waals surface area contributed by atoms with Crippen LogP contribution in [0, 0.1) is 0 Å². The van der Waals surface area contributed by atoms with Crippen LogP contribution in [0.25, 0.3) is 10.4 Å². The lowest BCUT2D eigenvalue weighted by Crippen LogP contribution is -2.20. The van der Waals surface area contributed by atoms with Gasteiger partial charge in [0.05, 0.1) is 6.10 Å². The highest BCUT2D eigenvalue weighted by Crippen LogP contribution is 2.16. The van der Waals surface area contributed by atoms with Crippen LogP contribution in [0.5, 0.6) is 0 Å². The predicted molar refractivity (Wildman–Crippen MR) is 56.7 cm³/mol. The molecule has 1 aromatic rings. The van der Waals surface area contributed by atoms with Gasteiger partial charge in [-0.15, -0.1) is 0 Å². The molecule has 1 aromatic heterocycles. The number of rotatable bonds is 5. The van der Waals surface area contributed by atoms with Crippen molar-refractivity contribution in [1.29, 1.82) is 0 Å². The minimum Gasteiger partial charge on any atom is -0.390 e. The van der Waals surface area contributed by atoms with E-state index in [-0.39, 0.29) is 18.5 Å². The molecule has 0 amide bonds. The Bertz CT molecular complexity index is 418. The van der Waals surface area contributed by atoms with Crippen molar-refractivity contribution in [3.63, 3.8) is 0 Å². The largest absolute Gasteiger partial charge is 0.390 e. The number of hydrogen-bond acceptors (Lipinski definition) is 4. The van der Waals surface area contributed by atoms with E-state index in [9.17, 15) is 15.0 Å². The van der Waals surface area contributed by atoms with Crippen LogP contribution in [0.2, 0.25) is 0 Å². The zero-order chi connectivity index (χ0) is 12.0. The molecule has 1 rings (SSSR count). The fraction of sp³-hybridized carbons (Fsp3) is 0.444. The summed E-state index contributed by atoms with van der Waals surface area (Å²) < 4.78 is 0. The van der Waals surface area contributed by atoms with Gasteiger partial charge in [0.1, 0.15) is 6.10 Å². The monoisotopic (exact) mass is 224 g/mol. The van der Waals surface area contributed by atoms with E-state index in [1.165, 1.54) is 18.3 Å². The van der Waals surface area contributed by atoms with Gasteiger partial charge in [0.15, 0.2) is 0 Å². The first kappa shape index (κ1) is 12.3. The number of nitrogens with zero attached hydrogens (tertiary/aromatic N) is 3. The summed E-state index contributed by atoms with van der Waals surface area (Å²) in [7, 11) is 0. The normalized spacial score (nSPS) is 13.9. The third-order valence-electron chi connectivity index (χ3n) is 2.10. The predicted octanol–water partition coefficient (Wildman–Crippen LogP) is 0.470. The van der Waals surface area contributed by atoms with Crippen molar-refractivity contribution in [3.05, 3.63) is 44.7 Å². The van der Waals surface area contributed by atoms with Gasteiger partial charge in [-0.25, -0.2) is 0 Å². The first-order valence-corrected chi connectivity index (χ1v) is 4.71. The van der Waals surface area contributed by atoms with Crippen molar-refractivity contribution >= 4 is 0 Å². The molecule has 7 heteroatoms. The minimum absolute atomic E-state index is 0.109. The van der Waals surface area contributed by atoms with E-state index >= 15 is 0 Å². The van der Waals surface area contributed by atoms with E-state index in [1.807, 2.05) is 0 Å². The maximum Gasteiger partial charge on any atom is 0.247 e. The SMILES string of the molecule is [N-]=[N+]=NCCC(O)C(O)c1ccc(=O)[nH]c1. The average molecular weight is 224 g/mol. The van der Waals surface area contributed by atoms with Crippen molar-refractivity contribution in [2.45, 2.75) is 18.6 Å². The van der Waals surface area contributed by atoms with E-state index in [0.29, 0.717) is 5.56 Å². The zero-order valence-corrected chi connectivity index (χ0v) is 8.45. The molecule has 2 atom stereocenters. The Hall–Kier alpha value is -1.82. The average Bonchev–Trinajstić information content (AvgIpc) is 2.29. The van der Waals surface area contributed by atoms with Crippen molar-refractivity contribution in [3.8, 4) is 0 Å². The summed E-state index contributed by atoms with van der Waals surface area (Å²) >= 11 is 0. The molecule has 0 saturated heterocycles. The number of aliphatic hydroxyl groups excluding tert-OH is 2. The lowest BCUT2D eigenvalue weighted by Gasteiger charge is -2.16. The number of nitrogens with one attached hydrogen (secondary N) is 1. The van der Waals surface area contributed by atoms with Gasteiger partial charge >= 0.3 is 0 Å². The summed E-state index contributed by atoms with van der Waals surface area (Å²) in [5, 5.41) is 22.5. The maximum absolute atomic E-state index is 10.8. The Labute approximate surface area is 91.0 Å². The molecule has 3 N–H and O–H groups in total. The van der Waals surface area contributed by atoms with Gasteiger partial charge in [0.2, 0.25) is 5.56 Å². The smallest absolute Gasteiger partial charge is 0.247 e. The number of aromatic amines is 1. The fourth-order valence-electron chi connectivity index (χ4n) is 1.22. The quantitative estimate of drug-likeness (QED) is 0.382. The molecule has 16 heavy (non-hydrogen) atoms. The van der Waals surface area contributed by atoms with Gasteiger partial charge in [-0.2, -0.15) is 0 Å². The second-order valence-corrected chi connectivity index (χ2v) is 3.24. The molecular weight excluding hydrogens is 212 g/mol. The Morgan fingerprint density at radius 3 is 2.81 bits per heavy atom. The van der Waals surface area contributed by atoms with Crippen LogP contribution in [0.1, 0.15) is 18.1 Å². The summed E-state index contributed by atoms with van der Waals surface area (Å²) in [6, 6.07) is 2.69. The molecule has 7 nitrogen and oxygen atoms in total. The highest BCUT2D eigenvalue weighted by atomic mass is 16.3. The Kier molecular flexibility index (Phi) is 4.53. The summed E-state index contributed by atoms with van der Waals surface area (Å²) in [5.41, 5.74) is 8.17. The van der Waals surface area contributed by atoms with Crippen LogP contribution in [0.15, 0.2) is 28.2 Å². The molecule has 0 aromatic carbocycles. The zero-order valence-electron chi connectivity index (χ0n) is 8.45. The van der Waals surface area contributed by atoms with Crippen LogP contribution in [0.4, 0.5) is 0 Å². The lowest BCUT2D eigenvalue weighted by atomic mass is 10.0. The number of pyridine rings is 1. The van der Waals surface area contributed by atoms with E-state index in [1.54, 1.807) is 0 Å². The lowest BCUT2D eigenvalue weighted by molar-refractivity contribution is 0.0148. The van der Waals surface area contributed by atoms with Gasteiger partial charge in [-0.1, -0.05) is 5.11 Å². The molecule has 0 aliphatic rings. The van der Waals surface area contributed by atoms with Crippen molar-refractivity contribution in [1.82, 2.24) is 4.98 Å². The van der Waals surface area contributed by atoms with Gasteiger partial charge < -0.3 is 15.2 Å². The summed E-state index contributed by atoms with van der Waals surface area (Å²) in [6.45, 7) is 0.109. The molecule has 0 aliphatic heterocycles. The molecule has 1 heterocycles. The van der Waals surface area contributed by atoms with E-state index in [0.717, 1.165) is 0 Å². The first-order valence-electron chi connectivity index (χ1n) is 4.71. The summed E-state index contributed by atoms with van der Waals surface area (Å²) in [6.07, 6.45) is -0.643. The number of aromatic nitrogens is 1. The number of H-pyrrole nitrogens is 1. The topological polar surface area (TPSA) is 122 Å². The van der Waals surface area contributed by atoms with E-state index in [2.05, 4.69) is 15.0 Å². The molecule has 0 bridgehead atoms. The van der Waals surface area contributed by atoms with Crippen molar-refractivity contribution in [2.24, 2.45) is 5.11 Å². The third-order valence-corrected chi connectivity index (χ3v) is 2.10. The van der Waals surface area contributed by atoms with Crippen molar-refractivity contribution < 1.29 is 10.2 Å². The maximum atomic E-state index is 10.8. The van der Waals surface area contributed by atoms with Crippen LogP contribution in [0.3, 0.4) is 0 Å². The molecule has 0 aliphatic carbocycles. The molecule has 0 spiro atoms. The van der Waals surface area contributed by atoms with E-state index in [4.69, 9.17) is 5.53 Å². The second kappa shape index (κ2) is 5.92. The summed E-state index contributed by atoms with van der Waals surface area (Å²) in [5.74, 6) is 0. The van der Waals surface area contributed by atoms with Gasteiger partial charge in [-0.05, 0) is 23.6 Å². The first-order chi connectivity index (χ1) is 7.65. The molecule has 86 valence electrons. The van der Waals surface area contributed by atoms with E-state index < -0.39 is 12.2 Å². The second-order valence-electron chi connectivity index (χ2n) is 3.24. The standard InChI is InChI=1S/C9H12N4O3/c10-13-12-4-3-7(14)9(16)6-1-2-8(15)11-5-6/h1-2,5,7,9,14,16H,3-4H2,(H,11,15). The molecule has 0 radical (unpaired) electrons. The Morgan fingerprint density at radius 2 is 2.25 bits per heavy atom. The molecule has 0 saturated carbocycles. The van der Waals surface area contributed by atoms with Crippen LogP contribution in [-0.2, 0) is 0 Å². The molecular formula is C9H12N4O3. The van der Waals surface area contributed by atoms with Crippen LogP contribution >= 0.6 is 0 Å². The van der Waals surface area contributed by atoms with Gasteiger partial charge in [0.25, 0.3) is 0 Å². The Balaban J connectivity index is 2.62. The van der Waals surface area contributed by atoms with Crippen molar-refractivity contribution in [2.75, 3.05) is 6.54 Å². The van der Waals surface area contributed by atoms with Gasteiger partial charge in [-0.3, -0.25) is 4.79 Å². The Morgan fingerprint density at radius 1 is 1.50 bits per heavy atom. The molecule has 0 fully saturated rings. The number of hydrogen-bond donors (Lipinski definition) is 3. The highest BCUT2D eigenvalue weighted by molar-refractivity contribution is 5.13. The van der Waals surface area contributed by atoms with Gasteiger partial charge in [0, 0.05) is 23.7 Å². The highest BCUT2D eigenvalue weighted by Gasteiger charge is 2.17. The third kappa shape index (κ3) is 3.39. The van der Waals surface area contributed by atoms with Crippen LogP contribution in [-0.4, -0.2) is 27.8 Å².